The zero-order chi connectivity index (χ0) is 44.5. The van der Waals surface area contributed by atoms with Crippen LogP contribution < -0.4 is 0 Å². The molecule has 0 fully saturated rings. The number of phenolic OH excluding ortho intramolecular Hbond substituents is 1. The molecule has 0 aliphatic heterocycles. The van der Waals surface area contributed by atoms with E-state index >= 15 is 0 Å². The highest BCUT2D eigenvalue weighted by Gasteiger charge is 2.30. The Hall–Kier alpha value is -7.24. The number of hydrogen-bond acceptors (Lipinski definition) is 4. The molecule has 3 heterocycles. The molecule has 0 radical (unpaired) electrons. The van der Waals surface area contributed by atoms with Crippen molar-refractivity contribution in [1.82, 2.24) is 14.5 Å². The van der Waals surface area contributed by atoms with Gasteiger partial charge in [0.15, 0.2) is 5.58 Å². The number of aromatic nitrogens is 3. The second-order valence-corrected chi connectivity index (χ2v) is 19.7. The lowest BCUT2D eigenvalue weighted by Crippen LogP contribution is -2.19. The summed E-state index contributed by atoms with van der Waals surface area (Å²) in [6, 6.07) is 57.5. The Morgan fingerprint density at radius 2 is 1.19 bits per heavy atom. The summed E-state index contributed by atoms with van der Waals surface area (Å²) in [5.41, 5.74) is 14.4. The van der Waals surface area contributed by atoms with Crippen LogP contribution in [0.5, 0.6) is 5.75 Å². The zero-order valence-corrected chi connectivity index (χ0v) is 37.9. The molecule has 5 heteroatoms. The quantitative estimate of drug-likeness (QED) is 0.174. The number of aromatic hydroxyl groups is 1. The third-order valence-electron chi connectivity index (χ3n) is 13.0. The maximum atomic E-state index is 12.5. The summed E-state index contributed by atoms with van der Waals surface area (Å²) in [6.07, 6.45) is 1.89. The summed E-state index contributed by atoms with van der Waals surface area (Å²) in [4.78, 5) is 10.7. The van der Waals surface area contributed by atoms with Gasteiger partial charge >= 0.3 is 0 Å². The van der Waals surface area contributed by atoms with Gasteiger partial charge in [0.1, 0.15) is 22.9 Å². The van der Waals surface area contributed by atoms with Crippen molar-refractivity contribution in [3.8, 4) is 56.3 Å². The number of nitrogens with zero attached hydrogens (tertiary/aromatic N) is 3. The minimum atomic E-state index is -0.372. The van der Waals surface area contributed by atoms with Crippen molar-refractivity contribution in [3.05, 3.63) is 192 Å². The van der Waals surface area contributed by atoms with Crippen molar-refractivity contribution < 1.29 is 9.52 Å². The Balaban J connectivity index is 1.30. The van der Waals surface area contributed by atoms with Gasteiger partial charge < -0.3 is 9.52 Å². The number of hydrogen-bond donors (Lipinski definition) is 1. The van der Waals surface area contributed by atoms with Crippen LogP contribution in [0.3, 0.4) is 0 Å². The first-order valence-corrected chi connectivity index (χ1v) is 22.2. The zero-order valence-electron chi connectivity index (χ0n) is 37.9. The van der Waals surface area contributed by atoms with Crippen molar-refractivity contribution in [1.29, 1.82) is 0 Å². The van der Waals surface area contributed by atoms with E-state index in [1.807, 2.05) is 36.5 Å². The van der Waals surface area contributed by atoms with Crippen LogP contribution in [-0.4, -0.2) is 19.6 Å². The van der Waals surface area contributed by atoms with E-state index in [9.17, 15) is 5.11 Å². The summed E-state index contributed by atoms with van der Waals surface area (Å²) < 4.78 is 8.86. The van der Waals surface area contributed by atoms with Crippen LogP contribution in [0, 0.1) is 0 Å². The molecular formula is C59H53N3O2. The van der Waals surface area contributed by atoms with E-state index in [-0.39, 0.29) is 22.0 Å². The Kier molecular flexibility index (Phi) is 9.72. The highest BCUT2D eigenvalue weighted by atomic mass is 16.3. The molecule has 316 valence electrons. The van der Waals surface area contributed by atoms with Crippen LogP contribution in [0.2, 0.25) is 0 Å². The molecule has 3 aromatic heterocycles. The SMILES string of the molecule is CC(C)(C)c1cc(-c2nc3c(-c4cc(-c5nccc6c5oc5ccccc56)cc(C(C)(C)c5ccccc5)c4)cccc3n2-c2ccccc2-c2ccccc2)c(O)c(C(C)(C)C)c1. The van der Waals surface area contributed by atoms with E-state index in [0.29, 0.717) is 11.4 Å². The average Bonchev–Trinajstić information content (AvgIpc) is 3.88. The monoisotopic (exact) mass is 835 g/mol. The first kappa shape index (κ1) is 40.8. The molecule has 10 rings (SSSR count). The average molecular weight is 836 g/mol. The number of furan rings is 1. The molecule has 1 N–H and O–H groups in total. The third-order valence-corrected chi connectivity index (χ3v) is 13.0. The molecule has 0 aliphatic carbocycles. The first-order valence-electron chi connectivity index (χ1n) is 22.2. The fourth-order valence-corrected chi connectivity index (χ4v) is 9.26. The Morgan fingerprint density at radius 3 is 1.94 bits per heavy atom. The number of phenols is 1. The standard InChI is InChI=1S/C59H53N3O2/c1-57(2,3)41-35-47(54(63)48(36-41)58(4,5)6)56-61-53-44(26-19-28-50(53)62(56)49-27-17-15-24-43(49)37-20-11-9-12-21-37)38-32-39(34-42(33-38)59(7,8)40-22-13-10-14-23-40)52-55-46(30-31-60-52)45-25-16-18-29-51(45)64-55/h9-36,63H,1-8H3. The van der Waals surface area contributed by atoms with Gasteiger partial charge in [-0.1, -0.05) is 177 Å². The van der Waals surface area contributed by atoms with Crippen molar-refractivity contribution in [2.75, 3.05) is 0 Å². The molecule has 7 aromatic carbocycles. The van der Waals surface area contributed by atoms with Crippen LogP contribution in [0.25, 0.3) is 83.6 Å². The minimum absolute atomic E-state index is 0.189. The normalized spacial score (nSPS) is 12.4. The summed E-state index contributed by atoms with van der Waals surface area (Å²) in [6.45, 7) is 17.7. The van der Waals surface area contributed by atoms with E-state index in [1.54, 1.807) is 0 Å². The van der Waals surface area contributed by atoms with E-state index in [4.69, 9.17) is 14.4 Å². The second kappa shape index (κ2) is 15.2. The molecule has 0 aliphatic rings. The van der Waals surface area contributed by atoms with E-state index in [2.05, 4.69) is 193 Å². The Labute approximate surface area is 375 Å². The van der Waals surface area contributed by atoms with Gasteiger partial charge in [0.05, 0.1) is 22.3 Å². The molecule has 0 saturated heterocycles. The topological polar surface area (TPSA) is 64.1 Å². The van der Waals surface area contributed by atoms with Gasteiger partial charge in [0.2, 0.25) is 0 Å². The molecule has 64 heavy (non-hydrogen) atoms. The number of rotatable bonds is 7. The second-order valence-electron chi connectivity index (χ2n) is 19.7. The molecule has 0 atom stereocenters. The van der Waals surface area contributed by atoms with Crippen molar-refractivity contribution in [2.24, 2.45) is 0 Å². The summed E-state index contributed by atoms with van der Waals surface area (Å²) in [7, 11) is 0. The molecule has 10 aromatic rings. The molecule has 0 unspecified atom stereocenters. The predicted octanol–water partition coefficient (Wildman–Crippen LogP) is 15.6. The summed E-state index contributed by atoms with van der Waals surface area (Å²) in [5, 5.41) is 14.6. The lowest BCUT2D eigenvalue weighted by atomic mass is 9.76. The fraction of sp³-hybridized carbons (Fsp3) is 0.186. The van der Waals surface area contributed by atoms with Crippen LogP contribution in [0.15, 0.2) is 174 Å². The van der Waals surface area contributed by atoms with Crippen LogP contribution in [0.4, 0.5) is 0 Å². The van der Waals surface area contributed by atoms with Crippen molar-refractivity contribution in [2.45, 2.75) is 71.6 Å². The summed E-state index contributed by atoms with van der Waals surface area (Å²) >= 11 is 0. The number of benzene rings is 7. The van der Waals surface area contributed by atoms with Gasteiger partial charge in [0.25, 0.3) is 0 Å². The van der Waals surface area contributed by atoms with E-state index < -0.39 is 0 Å². The molecular weight excluding hydrogens is 783 g/mol. The van der Waals surface area contributed by atoms with Gasteiger partial charge in [-0.15, -0.1) is 0 Å². The lowest BCUT2D eigenvalue weighted by molar-refractivity contribution is 0.446. The van der Waals surface area contributed by atoms with Crippen LogP contribution >= 0.6 is 0 Å². The van der Waals surface area contributed by atoms with Gasteiger partial charge in [-0.2, -0.15) is 0 Å². The fourth-order valence-electron chi connectivity index (χ4n) is 9.26. The molecule has 0 amide bonds. The highest BCUT2D eigenvalue weighted by Crippen LogP contribution is 2.46. The lowest BCUT2D eigenvalue weighted by Gasteiger charge is -2.27. The van der Waals surface area contributed by atoms with Crippen molar-refractivity contribution in [3.63, 3.8) is 0 Å². The van der Waals surface area contributed by atoms with Crippen LogP contribution in [0.1, 0.15) is 77.6 Å². The third kappa shape index (κ3) is 6.96. The smallest absolute Gasteiger partial charge is 0.161 e. The number of pyridine rings is 1. The number of para-hydroxylation sites is 3. The van der Waals surface area contributed by atoms with E-state index in [0.717, 1.165) is 88.9 Å². The molecule has 0 spiro atoms. The van der Waals surface area contributed by atoms with Crippen molar-refractivity contribution >= 4 is 33.0 Å². The van der Waals surface area contributed by atoms with Crippen LogP contribution in [-0.2, 0) is 16.2 Å². The number of fused-ring (bicyclic) bond motifs is 4. The van der Waals surface area contributed by atoms with Gasteiger partial charge in [-0.25, -0.2) is 4.98 Å². The molecule has 0 bridgehead atoms. The first-order chi connectivity index (χ1) is 30.7. The van der Waals surface area contributed by atoms with E-state index in [1.165, 1.54) is 5.56 Å². The van der Waals surface area contributed by atoms with Gasteiger partial charge in [0, 0.05) is 44.6 Å². The maximum Gasteiger partial charge on any atom is 0.161 e. The predicted molar refractivity (Wildman–Crippen MR) is 266 cm³/mol. The largest absolute Gasteiger partial charge is 0.507 e. The molecule has 5 nitrogen and oxygen atoms in total. The number of imidazole rings is 1. The Morgan fingerprint density at radius 1 is 0.516 bits per heavy atom. The summed E-state index contributed by atoms with van der Waals surface area (Å²) in [5.74, 6) is 0.921. The molecule has 0 saturated carbocycles. The highest BCUT2D eigenvalue weighted by molar-refractivity contribution is 6.09. The Bertz CT molecular complexity index is 3380. The van der Waals surface area contributed by atoms with Gasteiger partial charge in [-0.05, 0) is 81.1 Å². The minimum Gasteiger partial charge on any atom is -0.507 e. The maximum absolute atomic E-state index is 12.5. The van der Waals surface area contributed by atoms with Gasteiger partial charge in [-0.3, -0.25) is 9.55 Å².